The summed E-state index contributed by atoms with van der Waals surface area (Å²) in [6.07, 6.45) is 3.84. The van der Waals surface area contributed by atoms with Crippen LogP contribution in [0.3, 0.4) is 0 Å². The first-order valence-corrected chi connectivity index (χ1v) is 6.45. The quantitative estimate of drug-likeness (QED) is 0.771. The van der Waals surface area contributed by atoms with Crippen LogP contribution in [-0.2, 0) is 0 Å². The van der Waals surface area contributed by atoms with Gasteiger partial charge in [0.2, 0.25) is 0 Å². The summed E-state index contributed by atoms with van der Waals surface area (Å²) in [4.78, 5) is 4.49. The van der Waals surface area contributed by atoms with Gasteiger partial charge in [-0.2, -0.15) is 11.8 Å². The average Bonchev–Trinajstić information content (AvgIpc) is 2.18. The monoisotopic (exact) mass is 241 g/mol. The van der Waals surface area contributed by atoms with Gasteiger partial charge >= 0.3 is 0 Å². The second kappa shape index (κ2) is 5.92. The molecule has 1 atom stereocenters. The van der Waals surface area contributed by atoms with Crippen LogP contribution in [0.1, 0.15) is 12.6 Å². The first kappa shape index (κ1) is 12.3. The van der Waals surface area contributed by atoms with Crippen molar-refractivity contribution in [2.75, 3.05) is 17.3 Å². The lowest BCUT2D eigenvalue weighted by Gasteiger charge is -2.13. The second-order valence-corrected chi connectivity index (χ2v) is 4.65. The number of hydrogen-bond acceptors (Lipinski definition) is 4. The van der Waals surface area contributed by atoms with E-state index in [1.165, 1.54) is 0 Å². The number of nitrogens with two attached hydrogens (primary N) is 1. The van der Waals surface area contributed by atoms with Crippen LogP contribution in [0.2, 0.25) is 0 Å². The van der Waals surface area contributed by atoms with E-state index < -0.39 is 0 Å². The fourth-order valence-corrected chi connectivity index (χ4v) is 1.91. The van der Waals surface area contributed by atoms with E-state index in [0.29, 0.717) is 16.7 Å². The van der Waals surface area contributed by atoms with Gasteiger partial charge in [-0.25, -0.2) is 0 Å². The summed E-state index contributed by atoms with van der Waals surface area (Å²) in [6, 6.07) is 4.20. The molecule has 1 heterocycles. The van der Waals surface area contributed by atoms with Crippen molar-refractivity contribution in [2.24, 2.45) is 5.73 Å². The first-order chi connectivity index (χ1) is 7.13. The third-order valence-corrected chi connectivity index (χ3v) is 2.89. The Bertz CT molecular complexity index is 324. The van der Waals surface area contributed by atoms with Crippen LogP contribution in [0.15, 0.2) is 18.3 Å². The summed E-state index contributed by atoms with van der Waals surface area (Å²) in [6.45, 7) is 2.14. The van der Waals surface area contributed by atoms with Gasteiger partial charge in [-0.3, -0.25) is 4.98 Å². The molecule has 1 aromatic heterocycles. The van der Waals surface area contributed by atoms with E-state index in [-0.39, 0.29) is 0 Å². The highest BCUT2D eigenvalue weighted by Gasteiger charge is 2.02. The van der Waals surface area contributed by atoms with Gasteiger partial charge in [-0.15, -0.1) is 0 Å². The van der Waals surface area contributed by atoms with Crippen LogP contribution >= 0.6 is 24.0 Å². The molecular formula is C10H15N3S2. The third kappa shape index (κ3) is 4.05. The molecule has 3 nitrogen and oxygen atoms in total. The molecule has 15 heavy (non-hydrogen) atoms. The molecule has 0 aliphatic carbocycles. The Kier molecular flexibility index (Phi) is 4.84. The van der Waals surface area contributed by atoms with E-state index in [1.807, 2.05) is 23.9 Å². The van der Waals surface area contributed by atoms with E-state index >= 15 is 0 Å². The maximum atomic E-state index is 5.46. The van der Waals surface area contributed by atoms with E-state index in [4.69, 9.17) is 18.0 Å². The fourth-order valence-electron chi connectivity index (χ4n) is 1.20. The molecular weight excluding hydrogens is 226 g/mol. The van der Waals surface area contributed by atoms with E-state index in [2.05, 4.69) is 23.5 Å². The van der Waals surface area contributed by atoms with E-state index in [1.54, 1.807) is 6.20 Å². The summed E-state index contributed by atoms with van der Waals surface area (Å²) in [5.74, 6) is 1.07. The van der Waals surface area contributed by atoms with Crippen molar-refractivity contribution in [3.63, 3.8) is 0 Å². The molecule has 0 bridgehead atoms. The summed E-state index contributed by atoms with van der Waals surface area (Å²) in [5, 5.41) is 3.34. The molecule has 0 aromatic carbocycles. The number of nitrogens with zero attached hydrogens (tertiary/aromatic N) is 1. The molecule has 0 saturated heterocycles. The lowest BCUT2D eigenvalue weighted by Crippen LogP contribution is -2.18. The topological polar surface area (TPSA) is 50.9 Å². The van der Waals surface area contributed by atoms with Gasteiger partial charge in [0.05, 0.1) is 17.6 Å². The highest BCUT2D eigenvalue weighted by atomic mass is 32.2. The molecule has 0 spiro atoms. The molecule has 5 heteroatoms. The van der Waals surface area contributed by atoms with Gasteiger partial charge in [0.15, 0.2) is 0 Å². The van der Waals surface area contributed by atoms with Crippen molar-refractivity contribution in [3.05, 3.63) is 24.0 Å². The zero-order chi connectivity index (χ0) is 11.3. The normalized spacial score (nSPS) is 12.1. The third-order valence-electron chi connectivity index (χ3n) is 1.85. The number of thioether (sulfide) groups is 1. The molecule has 0 aliphatic rings. The van der Waals surface area contributed by atoms with Crippen molar-refractivity contribution in [1.29, 1.82) is 0 Å². The van der Waals surface area contributed by atoms with Crippen LogP contribution in [0.25, 0.3) is 0 Å². The summed E-state index contributed by atoms with van der Waals surface area (Å²) >= 11 is 6.64. The van der Waals surface area contributed by atoms with Crippen LogP contribution < -0.4 is 11.1 Å². The molecule has 0 radical (unpaired) electrons. The van der Waals surface area contributed by atoms with Crippen LogP contribution in [0.4, 0.5) is 5.69 Å². The van der Waals surface area contributed by atoms with Crippen molar-refractivity contribution in [2.45, 2.75) is 13.0 Å². The average molecular weight is 241 g/mol. The number of pyridine rings is 1. The molecule has 0 aliphatic heterocycles. The summed E-state index contributed by atoms with van der Waals surface area (Å²) in [5.41, 5.74) is 7.12. The second-order valence-electron chi connectivity index (χ2n) is 3.30. The first-order valence-electron chi connectivity index (χ1n) is 4.65. The standard InChI is InChI=1S/C10H15N3S2/c1-7(6-15-2)13-8-3-4-9(10(11)14)12-5-8/h3-5,7,13H,6H2,1-2H3,(H2,11,14). The molecule has 1 aromatic rings. The van der Waals surface area contributed by atoms with Gasteiger partial charge in [0, 0.05) is 11.8 Å². The summed E-state index contributed by atoms with van der Waals surface area (Å²) in [7, 11) is 0. The number of rotatable bonds is 5. The Morgan fingerprint density at radius 1 is 1.67 bits per heavy atom. The molecule has 0 saturated carbocycles. The maximum absolute atomic E-state index is 5.46. The predicted molar refractivity (Wildman–Crippen MR) is 71.6 cm³/mol. The minimum absolute atomic E-state index is 0.332. The van der Waals surface area contributed by atoms with E-state index in [0.717, 1.165) is 11.4 Å². The van der Waals surface area contributed by atoms with Gasteiger partial charge in [0.25, 0.3) is 0 Å². The van der Waals surface area contributed by atoms with Gasteiger partial charge in [0.1, 0.15) is 4.99 Å². The Morgan fingerprint density at radius 2 is 2.40 bits per heavy atom. The zero-order valence-corrected chi connectivity index (χ0v) is 10.5. The molecule has 1 unspecified atom stereocenters. The Morgan fingerprint density at radius 3 is 2.87 bits per heavy atom. The molecule has 1 rings (SSSR count). The van der Waals surface area contributed by atoms with Crippen LogP contribution in [-0.4, -0.2) is 28.0 Å². The smallest absolute Gasteiger partial charge is 0.122 e. The number of aromatic nitrogens is 1. The van der Waals surface area contributed by atoms with Crippen LogP contribution in [0, 0.1) is 0 Å². The number of anilines is 1. The number of thiocarbonyl (C=S) groups is 1. The molecule has 82 valence electrons. The molecule has 3 N–H and O–H groups in total. The van der Waals surface area contributed by atoms with Gasteiger partial charge in [-0.1, -0.05) is 12.2 Å². The predicted octanol–water partition coefficient (Wildman–Crippen LogP) is 1.88. The van der Waals surface area contributed by atoms with Gasteiger partial charge < -0.3 is 11.1 Å². The van der Waals surface area contributed by atoms with E-state index in [9.17, 15) is 0 Å². The highest BCUT2D eigenvalue weighted by molar-refractivity contribution is 7.98. The highest BCUT2D eigenvalue weighted by Crippen LogP contribution is 2.09. The Labute approximate surface area is 99.8 Å². The van der Waals surface area contributed by atoms with Crippen molar-refractivity contribution in [1.82, 2.24) is 4.98 Å². The summed E-state index contributed by atoms with van der Waals surface area (Å²) < 4.78 is 0. The van der Waals surface area contributed by atoms with Crippen molar-refractivity contribution < 1.29 is 0 Å². The number of nitrogens with one attached hydrogen (secondary N) is 1. The largest absolute Gasteiger partial charge is 0.388 e. The number of hydrogen-bond donors (Lipinski definition) is 2. The SMILES string of the molecule is CSCC(C)Nc1ccc(C(N)=S)nc1. The molecule has 0 fully saturated rings. The molecule has 0 amide bonds. The van der Waals surface area contributed by atoms with Gasteiger partial charge in [-0.05, 0) is 25.3 Å². The zero-order valence-electron chi connectivity index (χ0n) is 8.86. The Balaban J connectivity index is 2.60. The Hall–Kier alpha value is -0.810. The maximum Gasteiger partial charge on any atom is 0.122 e. The fraction of sp³-hybridized carbons (Fsp3) is 0.400. The van der Waals surface area contributed by atoms with Crippen molar-refractivity contribution in [3.8, 4) is 0 Å². The lowest BCUT2D eigenvalue weighted by atomic mass is 10.3. The lowest BCUT2D eigenvalue weighted by molar-refractivity contribution is 0.912. The van der Waals surface area contributed by atoms with Crippen LogP contribution in [0.5, 0.6) is 0 Å². The van der Waals surface area contributed by atoms with Crippen molar-refractivity contribution >= 4 is 34.7 Å². The minimum Gasteiger partial charge on any atom is -0.388 e. The minimum atomic E-state index is 0.332.